The van der Waals surface area contributed by atoms with Crippen molar-refractivity contribution in [1.82, 2.24) is 0 Å². The molecule has 82 valence electrons. The van der Waals surface area contributed by atoms with Crippen molar-refractivity contribution in [1.29, 1.82) is 0 Å². The molecule has 0 bridgehead atoms. The third-order valence-electron chi connectivity index (χ3n) is 3.43. The second-order valence-corrected chi connectivity index (χ2v) is 4.78. The first kappa shape index (κ1) is 10.7. The molecule has 1 unspecified atom stereocenters. The third kappa shape index (κ3) is 1.92. The molecule has 0 spiro atoms. The fourth-order valence-corrected chi connectivity index (χ4v) is 2.06. The van der Waals surface area contributed by atoms with Gasteiger partial charge in [-0.05, 0) is 29.9 Å². The van der Waals surface area contributed by atoms with Crippen LogP contribution in [0.3, 0.4) is 0 Å². The third-order valence-corrected chi connectivity index (χ3v) is 3.43. The molecule has 15 heavy (non-hydrogen) atoms. The molecule has 2 rings (SSSR count). The molecule has 0 heterocycles. The summed E-state index contributed by atoms with van der Waals surface area (Å²) in [5, 5.41) is 9.49. The molecule has 0 aromatic heterocycles. The maximum absolute atomic E-state index is 9.49. The van der Waals surface area contributed by atoms with E-state index < -0.39 is 0 Å². The molecular formula is C13H19NO. The molecule has 1 atom stereocenters. The molecule has 1 aromatic carbocycles. The van der Waals surface area contributed by atoms with Crippen molar-refractivity contribution in [3.05, 3.63) is 35.4 Å². The van der Waals surface area contributed by atoms with Gasteiger partial charge in [-0.1, -0.05) is 31.2 Å². The molecule has 1 saturated carbocycles. The smallest absolute Gasteiger partial charge is 0.0537 e. The molecule has 0 radical (unpaired) electrons. The topological polar surface area (TPSA) is 46.2 Å². The number of nitrogens with two attached hydrogens (primary N) is 1. The molecule has 1 fully saturated rings. The average molecular weight is 205 g/mol. The van der Waals surface area contributed by atoms with Crippen molar-refractivity contribution in [2.24, 2.45) is 5.73 Å². The van der Waals surface area contributed by atoms with Crippen molar-refractivity contribution in [3.63, 3.8) is 0 Å². The first-order valence-electron chi connectivity index (χ1n) is 5.61. The highest BCUT2D eigenvalue weighted by atomic mass is 16.3. The van der Waals surface area contributed by atoms with Gasteiger partial charge in [0, 0.05) is 12.0 Å². The van der Waals surface area contributed by atoms with E-state index in [1.54, 1.807) is 0 Å². The van der Waals surface area contributed by atoms with E-state index in [-0.39, 0.29) is 12.0 Å². The van der Waals surface area contributed by atoms with Crippen LogP contribution in [0.2, 0.25) is 0 Å². The van der Waals surface area contributed by atoms with E-state index in [1.807, 2.05) is 13.0 Å². The molecule has 1 aromatic rings. The number of benzene rings is 1. The van der Waals surface area contributed by atoms with Crippen LogP contribution in [0.1, 0.15) is 36.8 Å². The Morgan fingerprint density at radius 3 is 2.60 bits per heavy atom. The second kappa shape index (κ2) is 3.95. The van der Waals surface area contributed by atoms with E-state index in [1.165, 1.54) is 24.0 Å². The monoisotopic (exact) mass is 205 g/mol. The van der Waals surface area contributed by atoms with Gasteiger partial charge in [0.15, 0.2) is 0 Å². The van der Waals surface area contributed by atoms with Gasteiger partial charge in [-0.15, -0.1) is 0 Å². The van der Waals surface area contributed by atoms with Gasteiger partial charge in [-0.3, -0.25) is 0 Å². The van der Waals surface area contributed by atoms with Gasteiger partial charge in [0.1, 0.15) is 0 Å². The Balaban J connectivity index is 2.41. The number of hydrogen-bond donors (Lipinski definition) is 2. The summed E-state index contributed by atoms with van der Waals surface area (Å²) in [6.07, 6.45) is 2.56. The molecular weight excluding hydrogens is 186 g/mol. The van der Waals surface area contributed by atoms with Gasteiger partial charge in [0.25, 0.3) is 0 Å². The van der Waals surface area contributed by atoms with Crippen LogP contribution in [0, 0.1) is 0 Å². The minimum atomic E-state index is -0.279. The summed E-state index contributed by atoms with van der Waals surface area (Å²) in [5.41, 5.74) is 8.12. The molecule has 3 N–H and O–H groups in total. The first-order valence-corrected chi connectivity index (χ1v) is 5.61. The molecule has 0 aliphatic heterocycles. The predicted molar refractivity (Wildman–Crippen MR) is 61.9 cm³/mol. The van der Waals surface area contributed by atoms with E-state index in [4.69, 9.17) is 5.73 Å². The van der Waals surface area contributed by atoms with Crippen LogP contribution in [0.15, 0.2) is 24.3 Å². The first-order chi connectivity index (χ1) is 7.21. The molecule has 2 nitrogen and oxygen atoms in total. The Morgan fingerprint density at radius 2 is 2.07 bits per heavy atom. The zero-order valence-corrected chi connectivity index (χ0v) is 9.24. The lowest BCUT2D eigenvalue weighted by Gasteiger charge is -2.28. The van der Waals surface area contributed by atoms with Crippen molar-refractivity contribution < 1.29 is 5.11 Å². The van der Waals surface area contributed by atoms with Crippen LogP contribution in [-0.2, 0) is 5.41 Å². The molecule has 0 amide bonds. The Bertz CT molecular complexity index is 340. The standard InChI is InChI=1S/C13H19NO/c1-13(8-14,9-15)12-5-3-2-4-11(12)10-6-7-10/h2-5,10,15H,6-9,14H2,1H3. The van der Waals surface area contributed by atoms with Gasteiger partial charge in [0.05, 0.1) is 6.61 Å². The Morgan fingerprint density at radius 1 is 1.40 bits per heavy atom. The van der Waals surface area contributed by atoms with Crippen molar-refractivity contribution in [2.45, 2.75) is 31.1 Å². The fraction of sp³-hybridized carbons (Fsp3) is 0.538. The lowest BCUT2D eigenvalue weighted by atomic mass is 9.79. The number of rotatable bonds is 4. The van der Waals surface area contributed by atoms with Gasteiger partial charge < -0.3 is 10.8 Å². The van der Waals surface area contributed by atoms with Crippen LogP contribution in [-0.4, -0.2) is 18.3 Å². The summed E-state index contributed by atoms with van der Waals surface area (Å²) < 4.78 is 0. The van der Waals surface area contributed by atoms with Gasteiger partial charge in [0.2, 0.25) is 0 Å². The number of hydrogen-bond acceptors (Lipinski definition) is 2. The van der Waals surface area contributed by atoms with E-state index in [0.717, 1.165) is 0 Å². The van der Waals surface area contributed by atoms with E-state index in [9.17, 15) is 5.11 Å². The summed E-state index contributed by atoms with van der Waals surface area (Å²) in [6.45, 7) is 2.65. The number of aliphatic hydroxyl groups is 1. The average Bonchev–Trinajstić information content (AvgIpc) is 3.12. The van der Waals surface area contributed by atoms with E-state index >= 15 is 0 Å². The highest BCUT2D eigenvalue weighted by Gasteiger charge is 2.32. The lowest BCUT2D eigenvalue weighted by molar-refractivity contribution is 0.209. The minimum absolute atomic E-state index is 0.118. The van der Waals surface area contributed by atoms with Crippen molar-refractivity contribution in [2.75, 3.05) is 13.2 Å². The van der Waals surface area contributed by atoms with Crippen LogP contribution >= 0.6 is 0 Å². The second-order valence-electron chi connectivity index (χ2n) is 4.78. The van der Waals surface area contributed by atoms with Crippen LogP contribution in [0.4, 0.5) is 0 Å². The SMILES string of the molecule is CC(CN)(CO)c1ccccc1C1CC1. The maximum Gasteiger partial charge on any atom is 0.0537 e. The number of aliphatic hydroxyl groups excluding tert-OH is 1. The minimum Gasteiger partial charge on any atom is -0.395 e. The lowest BCUT2D eigenvalue weighted by Crippen LogP contribution is -2.36. The summed E-state index contributed by atoms with van der Waals surface area (Å²) in [7, 11) is 0. The van der Waals surface area contributed by atoms with Crippen molar-refractivity contribution in [3.8, 4) is 0 Å². The highest BCUT2D eigenvalue weighted by Crippen LogP contribution is 2.44. The molecule has 0 saturated heterocycles. The van der Waals surface area contributed by atoms with Crippen molar-refractivity contribution >= 4 is 0 Å². The molecule has 1 aliphatic carbocycles. The van der Waals surface area contributed by atoms with Gasteiger partial charge in [-0.2, -0.15) is 0 Å². The Hall–Kier alpha value is -0.860. The van der Waals surface area contributed by atoms with E-state index in [0.29, 0.717) is 12.5 Å². The van der Waals surface area contributed by atoms with Crippen LogP contribution < -0.4 is 5.73 Å². The summed E-state index contributed by atoms with van der Waals surface area (Å²) in [6, 6.07) is 8.39. The summed E-state index contributed by atoms with van der Waals surface area (Å²) in [4.78, 5) is 0. The summed E-state index contributed by atoms with van der Waals surface area (Å²) >= 11 is 0. The fourth-order valence-electron chi connectivity index (χ4n) is 2.06. The predicted octanol–water partition coefficient (Wildman–Crippen LogP) is 1.77. The maximum atomic E-state index is 9.49. The zero-order chi connectivity index (χ0) is 10.9. The zero-order valence-electron chi connectivity index (χ0n) is 9.24. The van der Waals surface area contributed by atoms with Crippen LogP contribution in [0.25, 0.3) is 0 Å². The van der Waals surface area contributed by atoms with Gasteiger partial charge in [-0.25, -0.2) is 0 Å². The summed E-state index contributed by atoms with van der Waals surface area (Å²) in [5.74, 6) is 0.707. The largest absolute Gasteiger partial charge is 0.395 e. The van der Waals surface area contributed by atoms with E-state index in [2.05, 4.69) is 18.2 Å². The Kier molecular flexibility index (Phi) is 2.81. The molecule has 2 heteroatoms. The Labute approximate surface area is 91.1 Å². The van der Waals surface area contributed by atoms with Gasteiger partial charge >= 0.3 is 0 Å². The molecule has 1 aliphatic rings. The quantitative estimate of drug-likeness (QED) is 0.787. The normalized spacial score (nSPS) is 19.9. The van der Waals surface area contributed by atoms with Crippen LogP contribution in [0.5, 0.6) is 0 Å². The highest BCUT2D eigenvalue weighted by molar-refractivity contribution is 5.39.